The van der Waals surface area contributed by atoms with Crippen LogP contribution in [0, 0.1) is 6.92 Å². The van der Waals surface area contributed by atoms with E-state index in [9.17, 15) is 4.79 Å². The molecule has 0 saturated heterocycles. The number of carbonyl (C=O) groups is 1. The number of hydrogen-bond acceptors (Lipinski definition) is 5. The molecule has 0 fully saturated rings. The number of aryl methyl sites for hydroxylation is 1. The van der Waals surface area contributed by atoms with Crippen molar-refractivity contribution >= 4 is 16.9 Å². The number of nitrogens with zero attached hydrogens (tertiary/aromatic N) is 1. The zero-order chi connectivity index (χ0) is 17.2. The number of furan rings is 1. The molecule has 0 radical (unpaired) electrons. The number of aromatic nitrogens is 1. The lowest BCUT2D eigenvalue weighted by molar-refractivity contribution is 0.0404. The number of para-hydroxylation sites is 1. The molecule has 0 bridgehead atoms. The number of ether oxygens (including phenoxy) is 1. The molecule has 5 nitrogen and oxygen atoms in total. The first-order valence-electron chi connectivity index (χ1n) is 7.88. The number of rotatable bonds is 4. The first-order valence-corrected chi connectivity index (χ1v) is 7.88. The van der Waals surface area contributed by atoms with Gasteiger partial charge in [0.1, 0.15) is 5.58 Å². The van der Waals surface area contributed by atoms with Crippen LogP contribution in [-0.4, -0.2) is 11.0 Å². The Kier molecular flexibility index (Phi) is 3.82. The van der Waals surface area contributed by atoms with Gasteiger partial charge in [0.2, 0.25) is 11.7 Å². The molecule has 2 aromatic heterocycles. The Morgan fingerprint density at radius 1 is 1.04 bits per heavy atom. The monoisotopic (exact) mass is 333 g/mol. The predicted octanol–water partition coefficient (Wildman–Crippen LogP) is 4.75. The molecule has 124 valence electrons. The van der Waals surface area contributed by atoms with Crippen LogP contribution in [0.1, 0.15) is 22.0 Å². The van der Waals surface area contributed by atoms with Crippen molar-refractivity contribution in [3.63, 3.8) is 0 Å². The molecule has 25 heavy (non-hydrogen) atoms. The summed E-state index contributed by atoms with van der Waals surface area (Å²) >= 11 is 0. The highest BCUT2D eigenvalue weighted by atomic mass is 16.6. The van der Waals surface area contributed by atoms with Gasteiger partial charge in [-0.1, -0.05) is 48.5 Å². The van der Waals surface area contributed by atoms with Gasteiger partial charge in [-0.3, -0.25) is 0 Å². The van der Waals surface area contributed by atoms with Crippen molar-refractivity contribution in [3.05, 3.63) is 78.0 Å². The largest absolute Gasteiger partial charge is 0.450 e. The van der Waals surface area contributed by atoms with E-state index in [0.717, 1.165) is 16.5 Å². The average molecular weight is 333 g/mol. The first-order chi connectivity index (χ1) is 12.2. The maximum Gasteiger partial charge on any atom is 0.375 e. The molecule has 0 aliphatic carbocycles. The van der Waals surface area contributed by atoms with Gasteiger partial charge in [-0.2, -0.15) is 0 Å². The predicted molar refractivity (Wildman–Crippen MR) is 92.0 cm³/mol. The number of benzene rings is 2. The summed E-state index contributed by atoms with van der Waals surface area (Å²) in [6.45, 7) is 1.78. The second-order valence-corrected chi connectivity index (χ2v) is 5.61. The van der Waals surface area contributed by atoms with Gasteiger partial charge in [0, 0.05) is 16.5 Å². The molecule has 0 N–H and O–H groups in total. The van der Waals surface area contributed by atoms with E-state index in [1.165, 1.54) is 0 Å². The van der Waals surface area contributed by atoms with E-state index in [1.54, 1.807) is 6.20 Å². The van der Waals surface area contributed by atoms with Crippen LogP contribution in [0.3, 0.4) is 0 Å². The SMILES string of the molecule is Cc1c(C(=O)OCc2ncc(-c3ccccc3)o2)oc2ccccc12. The zero-order valence-corrected chi connectivity index (χ0v) is 13.6. The van der Waals surface area contributed by atoms with Crippen molar-refractivity contribution in [2.75, 3.05) is 0 Å². The Morgan fingerprint density at radius 3 is 2.60 bits per heavy atom. The number of esters is 1. The third-order valence-electron chi connectivity index (χ3n) is 3.97. The Labute approximate surface area is 143 Å². The standard InChI is InChI=1S/C20H15NO4/c1-13-15-9-5-6-10-16(15)25-19(13)20(22)23-12-18-21-11-17(24-18)14-7-3-2-4-8-14/h2-11H,12H2,1H3. The maximum atomic E-state index is 12.3. The molecule has 0 spiro atoms. The smallest absolute Gasteiger partial charge is 0.375 e. The van der Waals surface area contributed by atoms with E-state index in [4.69, 9.17) is 13.6 Å². The quantitative estimate of drug-likeness (QED) is 0.504. The number of oxazole rings is 1. The van der Waals surface area contributed by atoms with Crippen molar-refractivity contribution in [1.82, 2.24) is 4.98 Å². The summed E-state index contributed by atoms with van der Waals surface area (Å²) < 4.78 is 16.5. The molecule has 0 aliphatic rings. The van der Waals surface area contributed by atoms with Crippen molar-refractivity contribution in [3.8, 4) is 11.3 Å². The van der Waals surface area contributed by atoms with Gasteiger partial charge in [0.15, 0.2) is 12.4 Å². The van der Waals surface area contributed by atoms with Gasteiger partial charge >= 0.3 is 5.97 Å². The fourth-order valence-corrected chi connectivity index (χ4v) is 2.67. The van der Waals surface area contributed by atoms with Crippen LogP contribution < -0.4 is 0 Å². The molecule has 4 aromatic rings. The topological polar surface area (TPSA) is 65.5 Å². The van der Waals surface area contributed by atoms with E-state index < -0.39 is 5.97 Å². The average Bonchev–Trinajstić information content (AvgIpc) is 3.26. The van der Waals surface area contributed by atoms with E-state index in [-0.39, 0.29) is 12.4 Å². The van der Waals surface area contributed by atoms with E-state index in [1.807, 2.05) is 61.5 Å². The van der Waals surface area contributed by atoms with Crippen LogP contribution in [0.25, 0.3) is 22.3 Å². The summed E-state index contributed by atoms with van der Waals surface area (Å²) in [4.78, 5) is 16.4. The van der Waals surface area contributed by atoms with Crippen LogP contribution in [0.15, 0.2) is 69.6 Å². The lowest BCUT2D eigenvalue weighted by Crippen LogP contribution is -2.05. The highest BCUT2D eigenvalue weighted by Gasteiger charge is 2.19. The third-order valence-corrected chi connectivity index (χ3v) is 3.97. The maximum absolute atomic E-state index is 12.3. The van der Waals surface area contributed by atoms with E-state index in [0.29, 0.717) is 17.2 Å². The lowest BCUT2D eigenvalue weighted by atomic mass is 10.1. The number of fused-ring (bicyclic) bond motifs is 1. The summed E-state index contributed by atoms with van der Waals surface area (Å²) in [6, 6.07) is 17.1. The van der Waals surface area contributed by atoms with Gasteiger partial charge in [-0.15, -0.1) is 0 Å². The molecule has 0 unspecified atom stereocenters. The van der Waals surface area contributed by atoms with Crippen LogP contribution in [-0.2, 0) is 11.3 Å². The zero-order valence-electron chi connectivity index (χ0n) is 13.6. The molecule has 0 atom stereocenters. The first kappa shape index (κ1) is 15.2. The lowest BCUT2D eigenvalue weighted by Gasteiger charge is -2.00. The van der Waals surface area contributed by atoms with Gasteiger partial charge < -0.3 is 13.6 Å². The molecule has 0 amide bonds. The molecule has 5 heteroatoms. The molecule has 2 aromatic carbocycles. The molecule has 0 saturated carbocycles. The van der Waals surface area contributed by atoms with Crippen molar-refractivity contribution in [2.45, 2.75) is 13.5 Å². The summed E-state index contributed by atoms with van der Waals surface area (Å²) in [6.07, 6.45) is 1.62. The van der Waals surface area contributed by atoms with Crippen LogP contribution in [0.5, 0.6) is 0 Å². The number of hydrogen-bond donors (Lipinski definition) is 0. The summed E-state index contributed by atoms with van der Waals surface area (Å²) in [5.74, 6) is 0.636. The highest BCUT2D eigenvalue weighted by Crippen LogP contribution is 2.26. The second kappa shape index (κ2) is 6.28. The van der Waals surface area contributed by atoms with E-state index in [2.05, 4.69) is 4.98 Å². The van der Waals surface area contributed by atoms with Gasteiger partial charge in [-0.05, 0) is 13.0 Å². The minimum atomic E-state index is -0.534. The Morgan fingerprint density at radius 2 is 1.80 bits per heavy atom. The van der Waals surface area contributed by atoms with Crippen molar-refractivity contribution in [1.29, 1.82) is 0 Å². The fourth-order valence-electron chi connectivity index (χ4n) is 2.67. The van der Waals surface area contributed by atoms with Crippen molar-refractivity contribution < 1.29 is 18.4 Å². The van der Waals surface area contributed by atoms with Gasteiger partial charge in [0.05, 0.1) is 6.20 Å². The second-order valence-electron chi connectivity index (χ2n) is 5.61. The highest BCUT2D eigenvalue weighted by molar-refractivity contribution is 5.95. The minimum Gasteiger partial charge on any atom is -0.450 e. The van der Waals surface area contributed by atoms with Crippen LogP contribution in [0.2, 0.25) is 0 Å². The fraction of sp³-hybridized carbons (Fsp3) is 0.100. The third kappa shape index (κ3) is 2.92. The molecular weight excluding hydrogens is 318 g/mol. The minimum absolute atomic E-state index is 0.0534. The van der Waals surface area contributed by atoms with E-state index >= 15 is 0 Å². The molecule has 0 aliphatic heterocycles. The van der Waals surface area contributed by atoms with Gasteiger partial charge in [-0.25, -0.2) is 9.78 Å². The van der Waals surface area contributed by atoms with Crippen LogP contribution in [0.4, 0.5) is 0 Å². The summed E-state index contributed by atoms with van der Waals surface area (Å²) in [7, 11) is 0. The number of carbonyl (C=O) groups excluding carboxylic acids is 1. The Hall–Kier alpha value is -3.34. The summed E-state index contributed by atoms with van der Waals surface area (Å²) in [5.41, 5.74) is 2.34. The Bertz CT molecular complexity index is 1030. The molecule has 4 rings (SSSR count). The molecular formula is C20H15NO4. The van der Waals surface area contributed by atoms with Gasteiger partial charge in [0.25, 0.3) is 0 Å². The Balaban J connectivity index is 1.48. The van der Waals surface area contributed by atoms with Crippen molar-refractivity contribution in [2.24, 2.45) is 0 Å². The normalized spacial score (nSPS) is 10.9. The summed E-state index contributed by atoms with van der Waals surface area (Å²) in [5, 5.41) is 0.900. The van der Waals surface area contributed by atoms with Crippen LogP contribution >= 0.6 is 0 Å². The molecule has 2 heterocycles.